The van der Waals surface area contributed by atoms with Crippen LogP contribution in [-0.4, -0.2) is 48.7 Å². The van der Waals surface area contributed by atoms with Crippen LogP contribution in [0, 0.1) is 5.92 Å². The molecule has 1 saturated heterocycles. The number of benzene rings is 1. The van der Waals surface area contributed by atoms with Gasteiger partial charge in [0, 0.05) is 37.8 Å². The molecule has 2 N–H and O–H groups in total. The van der Waals surface area contributed by atoms with E-state index in [1.807, 2.05) is 43.0 Å². The summed E-state index contributed by atoms with van der Waals surface area (Å²) < 4.78 is 0. The zero-order chi connectivity index (χ0) is 16.1. The predicted octanol–water partition coefficient (Wildman–Crippen LogP) is 2.22. The third-order valence-corrected chi connectivity index (χ3v) is 3.98. The molecule has 5 nitrogen and oxygen atoms in total. The van der Waals surface area contributed by atoms with Gasteiger partial charge in [0.2, 0.25) is 5.91 Å². The lowest BCUT2D eigenvalue weighted by molar-refractivity contribution is -0.134. The Balaban J connectivity index is 1.96. The van der Waals surface area contributed by atoms with Crippen LogP contribution in [0.15, 0.2) is 29.3 Å². The highest BCUT2D eigenvalue weighted by molar-refractivity contribution is 6.28. The number of alkyl halides is 1. The van der Waals surface area contributed by atoms with Crippen LogP contribution in [0.3, 0.4) is 0 Å². The van der Waals surface area contributed by atoms with E-state index in [0.717, 1.165) is 37.6 Å². The number of nitrogens with zero attached hydrogens (tertiary/aromatic N) is 3. The van der Waals surface area contributed by atoms with Gasteiger partial charge in [0.25, 0.3) is 0 Å². The van der Waals surface area contributed by atoms with E-state index in [1.165, 1.54) is 0 Å². The van der Waals surface area contributed by atoms with E-state index >= 15 is 0 Å². The molecule has 0 unspecified atom stereocenters. The van der Waals surface area contributed by atoms with Gasteiger partial charge in [-0.1, -0.05) is 13.8 Å². The molecule has 1 aliphatic heterocycles. The highest BCUT2D eigenvalue weighted by Crippen LogP contribution is 2.21. The Bertz CT molecular complexity index is 534. The van der Waals surface area contributed by atoms with Crippen molar-refractivity contribution in [1.82, 2.24) is 4.90 Å². The number of piperazine rings is 1. The molecule has 1 fully saturated rings. The lowest BCUT2D eigenvalue weighted by Crippen LogP contribution is -2.49. The summed E-state index contributed by atoms with van der Waals surface area (Å²) >= 11 is 5.62. The van der Waals surface area contributed by atoms with E-state index in [9.17, 15) is 4.79 Å². The molecule has 6 heteroatoms. The first-order chi connectivity index (χ1) is 10.5. The third kappa shape index (κ3) is 4.13. The first kappa shape index (κ1) is 16.6. The Hall–Kier alpha value is -1.75. The minimum atomic E-state index is 0.0658. The SMILES string of the molecule is CC(C)C(=O)N1CCN(c2ccc(N=C(N)CCl)cc2)CC1. The van der Waals surface area contributed by atoms with E-state index < -0.39 is 0 Å². The molecule has 1 heterocycles. The number of carbonyl (C=O) groups is 1. The van der Waals surface area contributed by atoms with Gasteiger partial charge in [0.1, 0.15) is 5.84 Å². The van der Waals surface area contributed by atoms with E-state index in [4.69, 9.17) is 17.3 Å². The lowest BCUT2D eigenvalue weighted by Gasteiger charge is -2.36. The zero-order valence-electron chi connectivity index (χ0n) is 13.1. The first-order valence-corrected chi connectivity index (χ1v) is 8.07. The number of nitrogens with two attached hydrogens (primary N) is 1. The second kappa shape index (κ2) is 7.49. The molecular formula is C16H23ClN4O. The van der Waals surface area contributed by atoms with Gasteiger partial charge < -0.3 is 15.5 Å². The van der Waals surface area contributed by atoms with Gasteiger partial charge >= 0.3 is 0 Å². The van der Waals surface area contributed by atoms with Crippen molar-refractivity contribution < 1.29 is 4.79 Å². The standard InChI is InChI=1S/C16H23ClN4O/c1-12(2)16(22)21-9-7-20(8-10-21)14-5-3-13(4-6-14)19-15(18)11-17/h3-6,12H,7-11H2,1-2H3,(H2,18,19). The average Bonchev–Trinajstić information content (AvgIpc) is 2.55. The second-order valence-corrected chi connectivity index (χ2v) is 5.99. The fourth-order valence-electron chi connectivity index (χ4n) is 2.48. The Morgan fingerprint density at radius 2 is 1.82 bits per heavy atom. The molecule has 2 rings (SSSR count). The van der Waals surface area contributed by atoms with E-state index in [1.54, 1.807) is 0 Å². The highest BCUT2D eigenvalue weighted by Gasteiger charge is 2.22. The van der Waals surface area contributed by atoms with Crippen LogP contribution in [-0.2, 0) is 4.79 Å². The van der Waals surface area contributed by atoms with E-state index in [0.29, 0.717) is 5.84 Å². The van der Waals surface area contributed by atoms with Crippen molar-refractivity contribution in [3.8, 4) is 0 Å². The lowest BCUT2D eigenvalue weighted by atomic mass is 10.1. The maximum atomic E-state index is 12.0. The molecule has 120 valence electrons. The van der Waals surface area contributed by atoms with Gasteiger partial charge in [-0.25, -0.2) is 4.99 Å². The summed E-state index contributed by atoms with van der Waals surface area (Å²) in [6.07, 6.45) is 0. The van der Waals surface area contributed by atoms with E-state index in [-0.39, 0.29) is 17.7 Å². The smallest absolute Gasteiger partial charge is 0.225 e. The first-order valence-electron chi connectivity index (χ1n) is 7.54. The van der Waals surface area contributed by atoms with Crippen LogP contribution in [0.25, 0.3) is 0 Å². The van der Waals surface area contributed by atoms with Crippen molar-refractivity contribution in [3.05, 3.63) is 24.3 Å². The van der Waals surface area contributed by atoms with Crippen molar-refractivity contribution in [2.75, 3.05) is 37.0 Å². The number of halogens is 1. The van der Waals surface area contributed by atoms with Crippen LogP contribution in [0.1, 0.15) is 13.8 Å². The predicted molar refractivity (Wildman–Crippen MR) is 92.1 cm³/mol. The van der Waals surface area contributed by atoms with Crippen molar-refractivity contribution in [2.24, 2.45) is 16.6 Å². The zero-order valence-corrected chi connectivity index (χ0v) is 13.9. The molecule has 0 aromatic heterocycles. The molecule has 0 radical (unpaired) electrons. The van der Waals surface area contributed by atoms with Crippen molar-refractivity contribution >= 4 is 34.7 Å². The summed E-state index contributed by atoms with van der Waals surface area (Å²) in [7, 11) is 0. The van der Waals surface area contributed by atoms with Crippen molar-refractivity contribution in [1.29, 1.82) is 0 Å². The van der Waals surface area contributed by atoms with Crippen molar-refractivity contribution in [3.63, 3.8) is 0 Å². The van der Waals surface area contributed by atoms with Gasteiger partial charge in [0.05, 0.1) is 11.6 Å². The number of amides is 1. The number of anilines is 1. The fourth-order valence-corrected chi connectivity index (χ4v) is 2.54. The average molecular weight is 323 g/mol. The van der Waals surface area contributed by atoms with Crippen LogP contribution < -0.4 is 10.6 Å². The van der Waals surface area contributed by atoms with Gasteiger partial charge in [-0.2, -0.15) is 0 Å². The van der Waals surface area contributed by atoms with Crippen LogP contribution in [0.5, 0.6) is 0 Å². The number of aliphatic imine (C=N–C) groups is 1. The summed E-state index contributed by atoms with van der Waals surface area (Å²) in [5.41, 5.74) is 7.56. The Morgan fingerprint density at radius 1 is 1.23 bits per heavy atom. The maximum Gasteiger partial charge on any atom is 0.225 e. The minimum Gasteiger partial charge on any atom is -0.386 e. The largest absolute Gasteiger partial charge is 0.386 e. The van der Waals surface area contributed by atoms with Crippen LogP contribution >= 0.6 is 11.6 Å². The van der Waals surface area contributed by atoms with Gasteiger partial charge in [-0.15, -0.1) is 11.6 Å². The van der Waals surface area contributed by atoms with Gasteiger partial charge in [-0.3, -0.25) is 4.79 Å². The van der Waals surface area contributed by atoms with Crippen molar-refractivity contribution in [2.45, 2.75) is 13.8 Å². The number of carbonyl (C=O) groups excluding carboxylic acids is 1. The minimum absolute atomic E-state index is 0.0658. The number of rotatable bonds is 4. The molecule has 1 aliphatic rings. The number of hydrogen-bond donors (Lipinski definition) is 1. The van der Waals surface area contributed by atoms with Gasteiger partial charge in [0.15, 0.2) is 0 Å². The molecule has 1 aromatic carbocycles. The Morgan fingerprint density at radius 3 is 2.32 bits per heavy atom. The molecule has 0 saturated carbocycles. The molecule has 22 heavy (non-hydrogen) atoms. The molecule has 0 atom stereocenters. The molecule has 1 aromatic rings. The highest BCUT2D eigenvalue weighted by atomic mass is 35.5. The Kier molecular flexibility index (Phi) is 5.66. The number of hydrogen-bond acceptors (Lipinski definition) is 3. The summed E-state index contributed by atoms with van der Waals surface area (Å²) in [5, 5.41) is 0. The van der Waals surface area contributed by atoms with Gasteiger partial charge in [-0.05, 0) is 24.3 Å². The second-order valence-electron chi connectivity index (χ2n) is 5.72. The summed E-state index contributed by atoms with van der Waals surface area (Å²) in [4.78, 5) is 20.4. The molecule has 0 spiro atoms. The fraction of sp³-hybridized carbons (Fsp3) is 0.500. The quantitative estimate of drug-likeness (QED) is 0.525. The topological polar surface area (TPSA) is 61.9 Å². The summed E-state index contributed by atoms with van der Waals surface area (Å²) in [5.74, 6) is 0.945. The van der Waals surface area contributed by atoms with Crippen LogP contribution in [0.4, 0.5) is 11.4 Å². The third-order valence-electron chi connectivity index (χ3n) is 3.71. The Labute approximate surface area is 136 Å². The normalized spacial score (nSPS) is 16.3. The van der Waals surface area contributed by atoms with Crippen LogP contribution in [0.2, 0.25) is 0 Å². The molecule has 0 aliphatic carbocycles. The molecule has 0 bridgehead atoms. The number of amidine groups is 1. The monoisotopic (exact) mass is 322 g/mol. The summed E-state index contributed by atoms with van der Waals surface area (Å²) in [6, 6.07) is 7.92. The molecular weight excluding hydrogens is 300 g/mol. The van der Waals surface area contributed by atoms with E-state index in [2.05, 4.69) is 9.89 Å². The summed E-state index contributed by atoms with van der Waals surface area (Å²) in [6.45, 7) is 7.14. The molecule has 1 amide bonds. The maximum absolute atomic E-state index is 12.0.